The molecule has 0 radical (unpaired) electrons. The first kappa shape index (κ1) is 12.5. The van der Waals surface area contributed by atoms with E-state index < -0.39 is 0 Å². The Morgan fingerprint density at radius 2 is 1.93 bits per heavy atom. The average molecular weight is 213 g/mol. The standard InChI is InChI=1S/C12H23NO2/c1-9(2)7-13(11-5-6-11)8-12(14)15-10(3)4/h9-11H,5-8H2,1-4H3. The van der Waals surface area contributed by atoms with E-state index in [2.05, 4.69) is 18.7 Å². The van der Waals surface area contributed by atoms with Crippen LogP contribution in [0.15, 0.2) is 0 Å². The molecule has 3 heteroatoms. The van der Waals surface area contributed by atoms with Gasteiger partial charge in [-0.25, -0.2) is 0 Å². The first-order chi connectivity index (χ1) is 6.99. The fourth-order valence-electron chi connectivity index (χ4n) is 1.72. The summed E-state index contributed by atoms with van der Waals surface area (Å²) in [5.74, 6) is 0.523. The van der Waals surface area contributed by atoms with Gasteiger partial charge < -0.3 is 4.74 Å². The maximum Gasteiger partial charge on any atom is 0.320 e. The maximum atomic E-state index is 11.5. The molecule has 0 aromatic carbocycles. The van der Waals surface area contributed by atoms with E-state index in [4.69, 9.17) is 4.74 Å². The third-order valence-corrected chi connectivity index (χ3v) is 2.36. The van der Waals surface area contributed by atoms with Gasteiger partial charge in [0.1, 0.15) is 0 Å². The van der Waals surface area contributed by atoms with Crippen LogP contribution in [0.5, 0.6) is 0 Å². The topological polar surface area (TPSA) is 29.5 Å². The van der Waals surface area contributed by atoms with Crippen LogP contribution < -0.4 is 0 Å². The molecule has 0 amide bonds. The van der Waals surface area contributed by atoms with Gasteiger partial charge in [-0.3, -0.25) is 9.69 Å². The van der Waals surface area contributed by atoms with E-state index in [9.17, 15) is 4.79 Å². The third-order valence-electron chi connectivity index (χ3n) is 2.36. The maximum absolute atomic E-state index is 11.5. The van der Waals surface area contributed by atoms with Gasteiger partial charge in [0.15, 0.2) is 0 Å². The van der Waals surface area contributed by atoms with Gasteiger partial charge in [-0.15, -0.1) is 0 Å². The molecule has 1 saturated carbocycles. The predicted molar refractivity (Wildman–Crippen MR) is 60.7 cm³/mol. The molecule has 0 saturated heterocycles. The number of carbonyl (C=O) groups is 1. The highest BCUT2D eigenvalue weighted by Crippen LogP contribution is 2.27. The van der Waals surface area contributed by atoms with E-state index in [1.54, 1.807) is 0 Å². The Balaban J connectivity index is 2.33. The molecule has 0 atom stereocenters. The van der Waals surface area contributed by atoms with Crippen LogP contribution in [0.25, 0.3) is 0 Å². The smallest absolute Gasteiger partial charge is 0.320 e. The molecule has 0 aromatic rings. The summed E-state index contributed by atoms with van der Waals surface area (Å²) in [6.45, 7) is 9.61. The Bertz CT molecular complexity index is 210. The summed E-state index contributed by atoms with van der Waals surface area (Å²) in [5.41, 5.74) is 0. The van der Waals surface area contributed by atoms with E-state index in [1.165, 1.54) is 12.8 Å². The summed E-state index contributed by atoms with van der Waals surface area (Å²) in [5, 5.41) is 0. The van der Waals surface area contributed by atoms with E-state index in [1.807, 2.05) is 13.8 Å². The fourth-order valence-corrected chi connectivity index (χ4v) is 1.72. The van der Waals surface area contributed by atoms with Crippen LogP contribution in [0, 0.1) is 5.92 Å². The van der Waals surface area contributed by atoms with Crippen LogP contribution in [-0.4, -0.2) is 36.1 Å². The SMILES string of the molecule is CC(C)CN(CC(=O)OC(C)C)C1CC1. The normalized spacial score (nSPS) is 16.5. The molecule has 1 fully saturated rings. The lowest BCUT2D eigenvalue weighted by Crippen LogP contribution is -2.36. The Kier molecular flexibility index (Phi) is 4.58. The van der Waals surface area contributed by atoms with Gasteiger partial charge in [-0.05, 0) is 32.6 Å². The van der Waals surface area contributed by atoms with Crippen molar-refractivity contribution >= 4 is 5.97 Å². The average Bonchev–Trinajstić information content (AvgIpc) is 2.81. The van der Waals surface area contributed by atoms with Gasteiger partial charge in [0.05, 0.1) is 12.6 Å². The van der Waals surface area contributed by atoms with Crippen molar-refractivity contribution in [3.63, 3.8) is 0 Å². The summed E-state index contributed by atoms with van der Waals surface area (Å²) in [7, 11) is 0. The molecular weight excluding hydrogens is 190 g/mol. The third kappa shape index (κ3) is 5.17. The first-order valence-corrected chi connectivity index (χ1v) is 5.92. The van der Waals surface area contributed by atoms with Crippen LogP contribution in [0.4, 0.5) is 0 Å². The highest BCUT2D eigenvalue weighted by molar-refractivity contribution is 5.71. The van der Waals surface area contributed by atoms with E-state index in [0.717, 1.165) is 6.54 Å². The van der Waals surface area contributed by atoms with Crippen molar-refractivity contribution < 1.29 is 9.53 Å². The minimum Gasteiger partial charge on any atom is -0.462 e. The predicted octanol–water partition coefficient (Wildman–Crippen LogP) is 2.06. The molecule has 0 aliphatic heterocycles. The number of hydrogen-bond acceptors (Lipinski definition) is 3. The number of esters is 1. The van der Waals surface area contributed by atoms with Crippen LogP contribution in [0.2, 0.25) is 0 Å². The Morgan fingerprint density at radius 3 is 2.33 bits per heavy atom. The Hall–Kier alpha value is -0.570. The second-order valence-electron chi connectivity index (χ2n) is 5.09. The van der Waals surface area contributed by atoms with Gasteiger partial charge in [-0.2, -0.15) is 0 Å². The quantitative estimate of drug-likeness (QED) is 0.632. The summed E-state index contributed by atoms with van der Waals surface area (Å²) >= 11 is 0. The molecule has 0 N–H and O–H groups in total. The first-order valence-electron chi connectivity index (χ1n) is 5.92. The fraction of sp³-hybridized carbons (Fsp3) is 0.917. The van der Waals surface area contributed by atoms with Gasteiger partial charge in [0, 0.05) is 12.6 Å². The minimum atomic E-state index is -0.0856. The van der Waals surface area contributed by atoms with Crippen molar-refractivity contribution in [2.75, 3.05) is 13.1 Å². The molecule has 1 aliphatic carbocycles. The molecule has 0 aromatic heterocycles. The van der Waals surface area contributed by atoms with Gasteiger partial charge in [-0.1, -0.05) is 13.8 Å². The van der Waals surface area contributed by atoms with Crippen LogP contribution in [-0.2, 0) is 9.53 Å². The molecule has 15 heavy (non-hydrogen) atoms. The molecule has 0 bridgehead atoms. The van der Waals surface area contributed by atoms with E-state index in [0.29, 0.717) is 18.5 Å². The van der Waals surface area contributed by atoms with E-state index >= 15 is 0 Å². The van der Waals surface area contributed by atoms with Crippen molar-refractivity contribution in [1.82, 2.24) is 4.90 Å². The zero-order valence-corrected chi connectivity index (χ0v) is 10.3. The van der Waals surface area contributed by atoms with Gasteiger partial charge in [0.2, 0.25) is 0 Å². The second-order valence-corrected chi connectivity index (χ2v) is 5.09. The molecular formula is C12H23NO2. The van der Waals surface area contributed by atoms with Crippen molar-refractivity contribution in [3.8, 4) is 0 Å². The number of hydrogen-bond donors (Lipinski definition) is 0. The molecule has 88 valence electrons. The summed E-state index contributed by atoms with van der Waals surface area (Å²) in [6, 6.07) is 0.632. The van der Waals surface area contributed by atoms with Crippen molar-refractivity contribution in [1.29, 1.82) is 0 Å². The molecule has 0 spiro atoms. The second kappa shape index (κ2) is 5.50. The Labute approximate surface area is 92.8 Å². The van der Waals surface area contributed by atoms with Crippen LogP contribution >= 0.6 is 0 Å². The number of nitrogens with zero attached hydrogens (tertiary/aromatic N) is 1. The van der Waals surface area contributed by atoms with Gasteiger partial charge >= 0.3 is 5.97 Å². The Morgan fingerprint density at radius 1 is 1.33 bits per heavy atom. The molecule has 1 aliphatic rings. The summed E-state index contributed by atoms with van der Waals surface area (Å²) in [4.78, 5) is 13.8. The lowest BCUT2D eigenvalue weighted by atomic mass is 10.2. The lowest BCUT2D eigenvalue weighted by molar-refractivity contribution is -0.149. The largest absolute Gasteiger partial charge is 0.462 e. The highest BCUT2D eigenvalue weighted by atomic mass is 16.5. The number of ether oxygens (including phenoxy) is 1. The molecule has 1 rings (SSSR count). The monoisotopic (exact) mass is 213 g/mol. The van der Waals surface area contributed by atoms with Crippen molar-refractivity contribution in [2.45, 2.75) is 52.7 Å². The van der Waals surface area contributed by atoms with E-state index in [-0.39, 0.29) is 12.1 Å². The van der Waals surface area contributed by atoms with Crippen molar-refractivity contribution in [2.24, 2.45) is 5.92 Å². The number of carbonyl (C=O) groups excluding carboxylic acids is 1. The summed E-state index contributed by atoms with van der Waals surface area (Å²) < 4.78 is 5.16. The minimum absolute atomic E-state index is 0.00222. The van der Waals surface area contributed by atoms with Crippen LogP contribution in [0.3, 0.4) is 0 Å². The van der Waals surface area contributed by atoms with Crippen molar-refractivity contribution in [3.05, 3.63) is 0 Å². The van der Waals surface area contributed by atoms with Gasteiger partial charge in [0.25, 0.3) is 0 Å². The zero-order valence-electron chi connectivity index (χ0n) is 10.3. The lowest BCUT2D eigenvalue weighted by Gasteiger charge is -2.23. The summed E-state index contributed by atoms with van der Waals surface area (Å²) in [6.07, 6.45) is 2.47. The highest BCUT2D eigenvalue weighted by Gasteiger charge is 2.30. The zero-order chi connectivity index (χ0) is 11.4. The number of rotatable bonds is 6. The molecule has 3 nitrogen and oxygen atoms in total. The molecule has 0 heterocycles. The molecule has 0 unspecified atom stereocenters. The van der Waals surface area contributed by atoms with Crippen LogP contribution in [0.1, 0.15) is 40.5 Å².